The van der Waals surface area contributed by atoms with Crippen LogP contribution in [-0.2, 0) is 19.1 Å². The number of ether oxygens (including phenoxy) is 2. The van der Waals surface area contributed by atoms with E-state index in [1.165, 1.54) is 18.7 Å². The van der Waals surface area contributed by atoms with Crippen LogP contribution in [0.1, 0.15) is 6.92 Å². The maximum absolute atomic E-state index is 12.2. The van der Waals surface area contributed by atoms with Crippen molar-refractivity contribution >= 4 is 29.5 Å². The van der Waals surface area contributed by atoms with Gasteiger partial charge in [-0.05, 0) is 17.7 Å². The van der Waals surface area contributed by atoms with E-state index in [-0.39, 0.29) is 36.4 Å². The van der Waals surface area contributed by atoms with Crippen LogP contribution >= 0.6 is 11.8 Å². The van der Waals surface area contributed by atoms with Gasteiger partial charge in [-0.3, -0.25) is 14.4 Å². The van der Waals surface area contributed by atoms with E-state index in [2.05, 4.69) is 5.32 Å². The Hall–Kier alpha value is -2.48. The number of hydrogen-bond donors (Lipinski definition) is 1. The first-order valence-electron chi connectivity index (χ1n) is 7.78. The molecule has 0 aliphatic carbocycles. The Morgan fingerprint density at radius 2 is 2.08 bits per heavy atom. The van der Waals surface area contributed by atoms with Gasteiger partial charge < -0.3 is 19.7 Å². The zero-order valence-corrected chi connectivity index (χ0v) is 14.5. The lowest BCUT2D eigenvalue weighted by Gasteiger charge is -2.47. The van der Waals surface area contributed by atoms with Crippen molar-refractivity contribution < 1.29 is 23.9 Å². The number of nitrogens with zero attached hydrogens (tertiary/aromatic N) is 1. The Kier molecular flexibility index (Phi) is 5.28. The van der Waals surface area contributed by atoms with Gasteiger partial charge in [-0.1, -0.05) is 18.2 Å². The number of carbonyl (C=O) groups excluding carboxylic acids is 3. The predicted octanol–water partition coefficient (Wildman–Crippen LogP) is 0.912. The van der Waals surface area contributed by atoms with Crippen LogP contribution in [0.25, 0.3) is 0 Å². The lowest BCUT2D eigenvalue weighted by molar-refractivity contribution is -0.145. The molecule has 0 spiro atoms. The van der Waals surface area contributed by atoms with Crippen molar-refractivity contribution in [1.29, 1.82) is 0 Å². The van der Waals surface area contributed by atoms with Gasteiger partial charge in [0.05, 0.1) is 0 Å². The van der Waals surface area contributed by atoms with E-state index in [4.69, 9.17) is 9.47 Å². The number of rotatable bonds is 6. The van der Waals surface area contributed by atoms with Gasteiger partial charge in [-0.15, -0.1) is 11.8 Å². The molecule has 2 amide bonds. The average Bonchev–Trinajstić information content (AvgIpc) is 2.63. The van der Waals surface area contributed by atoms with Crippen molar-refractivity contribution in [3.63, 3.8) is 0 Å². The Balaban J connectivity index is 1.48. The van der Waals surface area contributed by atoms with Crippen LogP contribution in [0.4, 0.5) is 0 Å². The van der Waals surface area contributed by atoms with E-state index in [1.807, 2.05) is 18.2 Å². The second-order valence-electron chi connectivity index (χ2n) is 5.66. The first kappa shape index (κ1) is 17.3. The summed E-state index contributed by atoms with van der Waals surface area (Å²) in [6.07, 6.45) is 1.70. The van der Waals surface area contributed by atoms with E-state index in [0.717, 1.165) is 5.57 Å². The van der Waals surface area contributed by atoms with Crippen molar-refractivity contribution in [1.82, 2.24) is 10.2 Å². The van der Waals surface area contributed by atoms with Gasteiger partial charge in [0, 0.05) is 18.9 Å². The molecule has 25 heavy (non-hydrogen) atoms. The maximum Gasteiger partial charge on any atom is 0.302 e. The molecule has 0 aromatic heterocycles. The number of hydrogen-bond acceptors (Lipinski definition) is 6. The minimum atomic E-state index is -0.552. The monoisotopic (exact) mass is 362 g/mol. The maximum atomic E-state index is 12.2. The average molecular weight is 362 g/mol. The Labute approximate surface area is 149 Å². The third-order valence-corrected chi connectivity index (χ3v) is 5.11. The number of benzene rings is 1. The number of carbonyl (C=O) groups is 3. The highest BCUT2D eigenvalue weighted by atomic mass is 32.2. The smallest absolute Gasteiger partial charge is 0.302 e. The number of fused-ring (bicyclic) bond motifs is 1. The molecule has 132 valence electrons. The standard InChI is InChI=1S/C17H18N2O5S/c1-11(20)23-8-12-7-19-16(22)15(17(19)25-10-12)18-14(21)9-24-13-5-3-2-4-6-13/h2-7,15,17H,8-10H2,1H3,(H,18,21)/t15-,17-/m1/s1. The summed E-state index contributed by atoms with van der Waals surface area (Å²) in [7, 11) is 0. The molecule has 8 heteroatoms. The van der Waals surface area contributed by atoms with Gasteiger partial charge in [0.25, 0.3) is 11.8 Å². The molecule has 7 nitrogen and oxygen atoms in total. The molecule has 1 N–H and O–H groups in total. The van der Waals surface area contributed by atoms with Crippen LogP contribution in [0.3, 0.4) is 0 Å². The number of thioether (sulfide) groups is 1. The number of nitrogens with one attached hydrogen (secondary N) is 1. The fourth-order valence-electron chi connectivity index (χ4n) is 2.51. The molecular formula is C17H18N2O5S. The van der Waals surface area contributed by atoms with Crippen molar-refractivity contribution in [2.24, 2.45) is 0 Å². The van der Waals surface area contributed by atoms with E-state index in [0.29, 0.717) is 11.5 Å². The summed E-state index contributed by atoms with van der Waals surface area (Å²) in [5.74, 6) is 0.382. The van der Waals surface area contributed by atoms with Crippen LogP contribution in [0.5, 0.6) is 5.75 Å². The van der Waals surface area contributed by atoms with Gasteiger partial charge in [-0.2, -0.15) is 0 Å². The minimum Gasteiger partial charge on any atom is -0.484 e. The first-order chi connectivity index (χ1) is 12.0. The number of esters is 1. The molecule has 1 saturated heterocycles. The Bertz CT molecular complexity index is 706. The van der Waals surface area contributed by atoms with Gasteiger partial charge in [-0.25, -0.2) is 0 Å². The Morgan fingerprint density at radius 1 is 1.32 bits per heavy atom. The van der Waals surface area contributed by atoms with Crippen molar-refractivity contribution in [3.05, 3.63) is 42.1 Å². The molecule has 3 rings (SSSR count). The fraction of sp³-hybridized carbons (Fsp3) is 0.353. The van der Waals surface area contributed by atoms with Gasteiger partial charge >= 0.3 is 5.97 Å². The second-order valence-corrected chi connectivity index (χ2v) is 6.77. The first-order valence-corrected chi connectivity index (χ1v) is 8.83. The highest BCUT2D eigenvalue weighted by Crippen LogP contribution is 2.36. The summed E-state index contributed by atoms with van der Waals surface area (Å²) < 4.78 is 10.3. The highest BCUT2D eigenvalue weighted by Gasteiger charge is 2.49. The topological polar surface area (TPSA) is 84.9 Å². The van der Waals surface area contributed by atoms with Gasteiger partial charge in [0.2, 0.25) is 0 Å². The van der Waals surface area contributed by atoms with Gasteiger partial charge in [0.15, 0.2) is 6.61 Å². The van der Waals surface area contributed by atoms with Crippen molar-refractivity contribution in [2.45, 2.75) is 18.3 Å². The predicted molar refractivity (Wildman–Crippen MR) is 91.7 cm³/mol. The summed E-state index contributed by atoms with van der Waals surface area (Å²) in [4.78, 5) is 36.6. The van der Waals surface area contributed by atoms with Crippen LogP contribution in [0.2, 0.25) is 0 Å². The highest BCUT2D eigenvalue weighted by molar-refractivity contribution is 8.00. The summed E-state index contributed by atoms with van der Waals surface area (Å²) in [5.41, 5.74) is 0.863. The van der Waals surface area contributed by atoms with E-state index in [1.54, 1.807) is 23.2 Å². The molecule has 2 aliphatic rings. The minimum absolute atomic E-state index is 0.130. The summed E-state index contributed by atoms with van der Waals surface area (Å²) in [6, 6.07) is 8.46. The normalized spacial score (nSPS) is 21.6. The molecular weight excluding hydrogens is 344 g/mol. The Morgan fingerprint density at radius 3 is 2.80 bits per heavy atom. The van der Waals surface area contributed by atoms with E-state index < -0.39 is 6.04 Å². The van der Waals surface area contributed by atoms with Crippen LogP contribution in [0, 0.1) is 0 Å². The van der Waals surface area contributed by atoms with E-state index in [9.17, 15) is 14.4 Å². The zero-order chi connectivity index (χ0) is 17.8. The van der Waals surface area contributed by atoms with Crippen molar-refractivity contribution in [3.8, 4) is 5.75 Å². The van der Waals surface area contributed by atoms with Crippen LogP contribution in [0.15, 0.2) is 42.1 Å². The van der Waals surface area contributed by atoms with Crippen LogP contribution < -0.4 is 10.1 Å². The zero-order valence-electron chi connectivity index (χ0n) is 13.6. The lowest BCUT2D eigenvalue weighted by Crippen LogP contribution is -2.68. The molecule has 0 bridgehead atoms. The van der Waals surface area contributed by atoms with Crippen LogP contribution in [-0.4, -0.2) is 53.1 Å². The molecule has 1 fully saturated rings. The summed E-state index contributed by atoms with van der Waals surface area (Å²) in [5, 5.41) is 2.58. The summed E-state index contributed by atoms with van der Waals surface area (Å²) >= 11 is 1.53. The molecule has 1 aromatic carbocycles. The lowest BCUT2D eigenvalue weighted by atomic mass is 10.1. The molecule has 2 aliphatic heterocycles. The SMILES string of the molecule is CC(=O)OCC1=CN2C(=O)[C@@H](NC(=O)COc3ccccc3)[C@H]2SC1. The second kappa shape index (κ2) is 7.60. The molecule has 0 saturated carbocycles. The fourth-order valence-corrected chi connectivity index (χ4v) is 3.76. The largest absolute Gasteiger partial charge is 0.484 e. The summed E-state index contributed by atoms with van der Waals surface area (Å²) in [6.45, 7) is 1.39. The number of β-lactam (4-membered cyclic amide) rings is 1. The van der Waals surface area contributed by atoms with Crippen molar-refractivity contribution in [2.75, 3.05) is 19.0 Å². The third-order valence-electron chi connectivity index (χ3n) is 3.73. The molecule has 0 radical (unpaired) electrons. The quantitative estimate of drug-likeness (QED) is 0.598. The van der Waals surface area contributed by atoms with E-state index >= 15 is 0 Å². The molecule has 2 heterocycles. The third kappa shape index (κ3) is 4.14. The molecule has 2 atom stereocenters. The number of para-hydroxylation sites is 1. The van der Waals surface area contributed by atoms with Gasteiger partial charge in [0.1, 0.15) is 23.8 Å². The number of amides is 2. The molecule has 1 aromatic rings. The molecule has 0 unspecified atom stereocenters.